The largest absolute Gasteiger partial charge is 0.481 e. The number of ether oxygens (including phenoxy) is 1. The number of rotatable bonds is 6. The monoisotopic (exact) mass is 297 g/mol. The van der Waals surface area contributed by atoms with Crippen LogP contribution in [-0.4, -0.2) is 54.4 Å². The molecule has 0 aromatic rings. The SMILES string of the molecule is O=C(O)C1CCN(C(=O)COCCCC(F)(F)F)CC1. The molecule has 8 heteroatoms. The number of nitrogens with zero attached hydrogens (tertiary/aromatic N) is 1. The van der Waals surface area contributed by atoms with E-state index in [9.17, 15) is 22.8 Å². The molecule has 116 valence electrons. The lowest BCUT2D eigenvalue weighted by Gasteiger charge is -2.30. The third-order valence-corrected chi connectivity index (χ3v) is 3.17. The summed E-state index contributed by atoms with van der Waals surface area (Å²) in [5.41, 5.74) is 0. The summed E-state index contributed by atoms with van der Waals surface area (Å²) in [7, 11) is 0. The lowest BCUT2D eigenvalue weighted by Crippen LogP contribution is -2.42. The Morgan fingerprint density at radius 2 is 1.85 bits per heavy atom. The maximum absolute atomic E-state index is 11.9. The Hall–Kier alpha value is -1.31. The highest BCUT2D eigenvalue weighted by atomic mass is 19.4. The van der Waals surface area contributed by atoms with Crippen LogP contribution in [0.5, 0.6) is 0 Å². The Morgan fingerprint density at radius 3 is 2.35 bits per heavy atom. The Morgan fingerprint density at radius 1 is 1.25 bits per heavy atom. The standard InChI is InChI=1S/C12H18F3NO4/c13-12(14,15)4-1-7-20-8-10(17)16-5-2-9(3-6-16)11(18)19/h9H,1-8H2,(H,18,19). The van der Waals surface area contributed by atoms with Crippen LogP contribution in [0.4, 0.5) is 13.2 Å². The van der Waals surface area contributed by atoms with Crippen LogP contribution in [-0.2, 0) is 14.3 Å². The van der Waals surface area contributed by atoms with Crippen molar-refractivity contribution in [1.82, 2.24) is 4.90 Å². The van der Waals surface area contributed by atoms with Crippen molar-refractivity contribution in [1.29, 1.82) is 0 Å². The summed E-state index contributed by atoms with van der Waals surface area (Å²) in [4.78, 5) is 23.9. The first-order chi connectivity index (χ1) is 9.29. The zero-order valence-corrected chi connectivity index (χ0v) is 11.0. The summed E-state index contributed by atoms with van der Waals surface area (Å²) in [6, 6.07) is 0. The lowest BCUT2D eigenvalue weighted by atomic mass is 9.97. The fourth-order valence-electron chi connectivity index (χ4n) is 2.00. The molecule has 1 aliphatic heterocycles. The Bertz CT molecular complexity index is 338. The average Bonchev–Trinajstić information content (AvgIpc) is 2.37. The highest BCUT2D eigenvalue weighted by Crippen LogP contribution is 2.21. The second-order valence-electron chi connectivity index (χ2n) is 4.76. The number of aliphatic carboxylic acids is 1. The number of carboxylic acid groups (broad SMARTS) is 1. The Kier molecular flexibility index (Phi) is 6.25. The summed E-state index contributed by atoms with van der Waals surface area (Å²) in [6.45, 7) is 0.329. The smallest absolute Gasteiger partial charge is 0.389 e. The Labute approximate surface area is 114 Å². The van der Waals surface area contributed by atoms with Crippen LogP contribution in [0.25, 0.3) is 0 Å². The molecule has 0 bridgehead atoms. The van der Waals surface area contributed by atoms with Gasteiger partial charge in [-0.15, -0.1) is 0 Å². The van der Waals surface area contributed by atoms with Crippen molar-refractivity contribution in [3.63, 3.8) is 0 Å². The topological polar surface area (TPSA) is 66.8 Å². The van der Waals surface area contributed by atoms with Gasteiger partial charge in [-0.25, -0.2) is 0 Å². The maximum Gasteiger partial charge on any atom is 0.389 e. The quantitative estimate of drug-likeness (QED) is 0.757. The number of carbonyl (C=O) groups excluding carboxylic acids is 1. The molecule has 0 aliphatic carbocycles. The van der Waals surface area contributed by atoms with Gasteiger partial charge in [0.05, 0.1) is 5.92 Å². The van der Waals surface area contributed by atoms with Crippen LogP contribution in [0.1, 0.15) is 25.7 Å². The van der Waals surface area contributed by atoms with Crippen LogP contribution >= 0.6 is 0 Å². The molecule has 1 rings (SSSR count). The van der Waals surface area contributed by atoms with Gasteiger partial charge in [0.1, 0.15) is 6.61 Å². The molecule has 1 saturated heterocycles. The number of hydrogen-bond donors (Lipinski definition) is 1. The highest BCUT2D eigenvalue weighted by molar-refractivity contribution is 5.78. The first kappa shape index (κ1) is 16.7. The first-order valence-corrected chi connectivity index (χ1v) is 6.44. The minimum Gasteiger partial charge on any atom is -0.481 e. The summed E-state index contributed by atoms with van der Waals surface area (Å²) in [6.07, 6.45) is -4.50. The summed E-state index contributed by atoms with van der Waals surface area (Å²) in [5.74, 6) is -1.59. The van der Waals surface area contributed by atoms with Gasteiger partial charge in [-0.3, -0.25) is 9.59 Å². The molecule has 1 amide bonds. The predicted octanol–water partition coefficient (Wildman–Crippen LogP) is 1.67. The summed E-state index contributed by atoms with van der Waals surface area (Å²) in [5, 5.41) is 8.81. The third-order valence-electron chi connectivity index (χ3n) is 3.17. The maximum atomic E-state index is 11.9. The molecule has 0 aromatic heterocycles. The number of halogens is 3. The lowest BCUT2D eigenvalue weighted by molar-refractivity contribution is -0.147. The van der Waals surface area contributed by atoms with E-state index in [0.717, 1.165) is 0 Å². The van der Waals surface area contributed by atoms with Crippen molar-refractivity contribution < 1.29 is 32.6 Å². The molecule has 0 saturated carbocycles. The van der Waals surface area contributed by atoms with Gasteiger partial charge in [0.25, 0.3) is 0 Å². The number of piperidine rings is 1. The fourth-order valence-corrected chi connectivity index (χ4v) is 2.00. The zero-order valence-electron chi connectivity index (χ0n) is 11.0. The molecule has 1 N–H and O–H groups in total. The van der Waals surface area contributed by atoms with E-state index in [1.165, 1.54) is 4.90 Å². The van der Waals surface area contributed by atoms with Crippen LogP contribution in [0, 0.1) is 5.92 Å². The number of alkyl halides is 3. The van der Waals surface area contributed by atoms with Crippen molar-refractivity contribution in [2.75, 3.05) is 26.3 Å². The van der Waals surface area contributed by atoms with Gasteiger partial charge >= 0.3 is 12.1 Å². The van der Waals surface area contributed by atoms with E-state index in [-0.39, 0.29) is 25.5 Å². The molecule has 1 aliphatic rings. The van der Waals surface area contributed by atoms with Crippen LogP contribution in [0.15, 0.2) is 0 Å². The van der Waals surface area contributed by atoms with E-state index >= 15 is 0 Å². The molecule has 0 radical (unpaired) electrons. The van der Waals surface area contributed by atoms with Crippen molar-refractivity contribution in [2.24, 2.45) is 5.92 Å². The van der Waals surface area contributed by atoms with Crippen molar-refractivity contribution in [3.8, 4) is 0 Å². The van der Waals surface area contributed by atoms with Crippen molar-refractivity contribution in [2.45, 2.75) is 31.9 Å². The number of likely N-dealkylation sites (tertiary alicyclic amines) is 1. The molecule has 0 aromatic carbocycles. The second kappa shape index (κ2) is 7.47. The molecule has 20 heavy (non-hydrogen) atoms. The van der Waals surface area contributed by atoms with Crippen LogP contribution < -0.4 is 0 Å². The molecule has 5 nitrogen and oxygen atoms in total. The van der Waals surface area contributed by atoms with Gasteiger partial charge in [-0.2, -0.15) is 13.2 Å². The number of carbonyl (C=O) groups is 2. The zero-order chi connectivity index (χ0) is 15.2. The highest BCUT2D eigenvalue weighted by Gasteiger charge is 2.27. The number of hydrogen-bond acceptors (Lipinski definition) is 3. The van der Waals surface area contributed by atoms with Gasteiger partial charge in [0.2, 0.25) is 5.91 Å². The van der Waals surface area contributed by atoms with Crippen LogP contribution in [0.3, 0.4) is 0 Å². The van der Waals surface area contributed by atoms with Gasteiger partial charge in [0.15, 0.2) is 0 Å². The normalized spacial score (nSPS) is 17.2. The fraction of sp³-hybridized carbons (Fsp3) is 0.833. The molecular weight excluding hydrogens is 279 g/mol. The van der Waals surface area contributed by atoms with E-state index in [1.807, 2.05) is 0 Å². The van der Waals surface area contributed by atoms with E-state index in [0.29, 0.717) is 25.9 Å². The molecule has 0 unspecified atom stereocenters. The minimum atomic E-state index is -4.20. The van der Waals surface area contributed by atoms with E-state index in [1.54, 1.807) is 0 Å². The van der Waals surface area contributed by atoms with Crippen molar-refractivity contribution >= 4 is 11.9 Å². The Balaban J connectivity index is 2.13. The van der Waals surface area contributed by atoms with Crippen molar-refractivity contribution in [3.05, 3.63) is 0 Å². The molecular formula is C12H18F3NO4. The molecule has 0 atom stereocenters. The first-order valence-electron chi connectivity index (χ1n) is 6.44. The summed E-state index contributed by atoms with van der Waals surface area (Å²) >= 11 is 0. The van der Waals surface area contributed by atoms with E-state index < -0.39 is 24.5 Å². The second-order valence-corrected chi connectivity index (χ2v) is 4.76. The van der Waals surface area contributed by atoms with E-state index in [4.69, 9.17) is 9.84 Å². The molecule has 1 heterocycles. The average molecular weight is 297 g/mol. The predicted molar refractivity (Wildman–Crippen MR) is 63.0 cm³/mol. The number of carboxylic acids is 1. The van der Waals surface area contributed by atoms with Gasteiger partial charge in [0, 0.05) is 26.1 Å². The third kappa shape index (κ3) is 6.23. The minimum absolute atomic E-state index is 0.114. The number of amides is 1. The van der Waals surface area contributed by atoms with Gasteiger partial charge < -0.3 is 14.7 Å². The van der Waals surface area contributed by atoms with E-state index in [2.05, 4.69) is 0 Å². The summed E-state index contributed by atoms with van der Waals surface area (Å²) < 4.78 is 40.5. The van der Waals surface area contributed by atoms with Gasteiger partial charge in [-0.1, -0.05) is 0 Å². The van der Waals surface area contributed by atoms with Gasteiger partial charge in [-0.05, 0) is 19.3 Å². The van der Waals surface area contributed by atoms with Crippen LogP contribution in [0.2, 0.25) is 0 Å². The molecule has 1 fully saturated rings. The molecule has 0 spiro atoms.